The van der Waals surface area contributed by atoms with Crippen molar-refractivity contribution in [2.24, 2.45) is 0 Å². The van der Waals surface area contributed by atoms with E-state index < -0.39 is 10.0 Å². The number of benzene rings is 1. The summed E-state index contributed by atoms with van der Waals surface area (Å²) in [5, 5.41) is 0. The molecule has 1 N–H and O–H groups in total. The van der Waals surface area contributed by atoms with Gasteiger partial charge < -0.3 is 9.47 Å². The number of halogens is 1. The number of methoxy groups -OCH3 is 1. The SMILES string of the molecule is COCCOCCCNS(=O)(=O)c1ccccc1Br. The summed E-state index contributed by atoms with van der Waals surface area (Å²) in [4.78, 5) is 0.246. The van der Waals surface area contributed by atoms with Crippen molar-refractivity contribution in [2.45, 2.75) is 11.3 Å². The number of ether oxygens (including phenoxy) is 2. The molecule has 0 aliphatic rings. The first kappa shape index (κ1) is 16.6. The third-order valence-electron chi connectivity index (χ3n) is 2.32. The first-order valence-electron chi connectivity index (χ1n) is 5.89. The van der Waals surface area contributed by atoms with Crippen molar-refractivity contribution in [3.63, 3.8) is 0 Å². The van der Waals surface area contributed by atoms with Crippen LogP contribution in [0.15, 0.2) is 33.6 Å². The van der Waals surface area contributed by atoms with E-state index in [0.717, 1.165) is 0 Å². The minimum absolute atomic E-state index is 0.246. The Morgan fingerprint density at radius 1 is 1.21 bits per heavy atom. The Bertz CT molecular complexity index is 478. The van der Waals surface area contributed by atoms with E-state index in [4.69, 9.17) is 9.47 Å². The van der Waals surface area contributed by atoms with Gasteiger partial charge in [0.1, 0.15) is 0 Å². The molecule has 1 aromatic rings. The molecule has 0 spiro atoms. The van der Waals surface area contributed by atoms with E-state index in [2.05, 4.69) is 20.7 Å². The molecule has 0 bridgehead atoms. The highest BCUT2D eigenvalue weighted by Gasteiger charge is 2.15. The lowest BCUT2D eigenvalue weighted by molar-refractivity contribution is 0.0699. The topological polar surface area (TPSA) is 64.6 Å². The predicted molar refractivity (Wildman–Crippen MR) is 76.6 cm³/mol. The van der Waals surface area contributed by atoms with Crippen LogP contribution in [0.25, 0.3) is 0 Å². The average molecular weight is 352 g/mol. The molecule has 0 radical (unpaired) electrons. The van der Waals surface area contributed by atoms with Crippen LogP contribution < -0.4 is 4.72 Å². The Morgan fingerprint density at radius 2 is 1.95 bits per heavy atom. The third-order valence-corrected chi connectivity index (χ3v) is 4.79. The summed E-state index contributed by atoms with van der Waals surface area (Å²) < 4.78 is 37.1. The Balaban J connectivity index is 2.34. The van der Waals surface area contributed by atoms with Crippen molar-refractivity contribution in [1.82, 2.24) is 4.72 Å². The van der Waals surface area contributed by atoms with Gasteiger partial charge in [0, 0.05) is 24.7 Å². The van der Waals surface area contributed by atoms with Crippen molar-refractivity contribution < 1.29 is 17.9 Å². The van der Waals surface area contributed by atoms with Gasteiger partial charge in [-0.1, -0.05) is 12.1 Å². The lowest BCUT2D eigenvalue weighted by Crippen LogP contribution is -2.26. The second kappa shape index (κ2) is 8.65. The van der Waals surface area contributed by atoms with Crippen LogP contribution >= 0.6 is 15.9 Å². The molecule has 0 aromatic heterocycles. The van der Waals surface area contributed by atoms with Crippen LogP contribution in [0.1, 0.15) is 6.42 Å². The maximum atomic E-state index is 12.0. The van der Waals surface area contributed by atoms with Crippen LogP contribution in [-0.2, 0) is 19.5 Å². The van der Waals surface area contributed by atoms with Gasteiger partial charge in [0.25, 0.3) is 0 Å². The summed E-state index contributed by atoms with van der Waals surface area (Å²) in [6.07, 6.45) is 0.618. The molecule has 0 unspecified atom stereocenters. The quantitative estimate of drug-likeness (QED) is 0.688. The molecule has 108 valence electrons. The van der Waals surface area contributed by atoms with E-state index >= 15 is 0 Å². The van der Waals surface area contributed by atoms with Crippen molar-refractivity contribution in [2.75, 3.05) is 33.5 Å². The number of sulfonamides is 1. The summed E-state index contributed by atoms with van der Waals surface area (Å²) >= 11 is 3.23. The molecule has 1 rings (SSSR count). The van der Waals surface area contributed by atoms with Crippen molar-refractivity contribution in [3.05, 3.63) is 28.7 Å². The summed E-state index contributed by atoms with van der Waals surface area (Å²) in [6.45, 7) is 1.91. The third kappa shape index (κ3) is 6.01. The summed E-state index contributed by atoms with van der Waals surface area (Å²) in [6, 6.07) is 6.71. The number of rotatable bonds is 9. The van der Waals surface area contributed by atoms with Crippen LogP contribution in [0.5, 0.6) is 0 Å². The first-order chi connectivity index (χ1) is 9.08. The highest BCUT2D eigenvalue weighted by atomic mass is 79.9. The zero-order valence-corrected chi connectivity index (χ0v) is 13.2. The highest BCUT2D eigenvalue weighted by Crippen LogP contribution is 2.20. The van der Waals surface area contributed by atoms with Crippen LogP contribution in [0.4, 0.5) is 0 Å². The van der Waals surface area contributed by atoms with Crippen molar-refractivity contribution in [3.8, 4) is 0 Å². The second-order valence-corrected chi connectivity index (χ2v) is 6.38. The maximum absolute atomic E-state index is 12.0. The van der Waals surface area contributed by atoms with E-state index in [1.54, 1.807) is 31.4 Å². The van der Waals surface area contributed by atoms with E-state index in [0.29, 0.717) is 37.3 Å². The number of hydrogen-bond donors (Lipinski definition) is 1. The predicted octanol–water partition coefficient (Wildman–Crippen LogP) is 1.78. The van der Waals surface area contributed by atoms with E-state index in [1.807, 2.05) is 0 Å². The van der Waals surface area contributed by atoms with E-state index in [1.165, 1.54) is 0 Å². The van der Waals surface area contributed by atoms with Gasteiger partial charge >= 0.3 is 0 Å². The highest BCUT2D eigenvalue weighted by molar-refractivity contribution is 9.10. The van der Waals surface area contributed by atoms with Gasteiger partial charge in [-0.05, 0) is 34.5 Å². The molecule has 0 saturated heterocycles. The summed E-state index contributed by atoms with van der Waals surface area (Å²) in [5.41, 5.74) is 0. The van der Waals surface area contributed by atoms with Crippen molar-refractivity contribution in [1.29, 1.82) is 0 Å². The van der Waals surface area contributed by atoms with Gasteiger partial charge in [0.05, 0.1) is 18.1 Å². The largest absolute Gasteiger partial charge is 0.382 e. The molecular formula is C12H18BrNO4S. The maximum Gasteiger partial charge on any atom is 0.241 e. The second-order valence-electron chi connectivity index (χ2n) is 3.79. The smallest absolute Gasteiger partial charge is 0.241 e. The summed E-state index contributed by atoms with van der Waals surface area (Å²) in [7, 11) is -1.86. The molecule has 0 heterocycles. The van der Waals surface area contributed by atoms with Gasteiger partial charge in [-0.2, -0.15) is 0 Å². The molecule has 1 aromatic carbocycles. The van der Waals surface area contributed by atoms with Gasteiger partial charge in [0.2, 0.25) is 10.0 Å². The molecule has 0 aliphatic heterocycles. The first-order valence-corrected chi connectivity index (χ1v) is 8.16. The van der Waals surface area contributed by atoms with Crippen LogP contribution in [-0.4, -0.2) is 41.9 Å². The van der Waals surface area contributed by atoms with Crippen LogP contribution in [0, 0.1) is 0 Å². The van der Waals surface area contributed by atoms with E-state index in [-0.39, 0.29) is 4.90 Å². The Kier molecular flexibility index (Phi) is 7.55. The molecule has 0 fully saturated rings. The minimum Gasteiger partial charge on any atom is -0.382 e. The normalized spacial score (nSPS) is 11.7. The minimum atomic E-state index is -3.47. The van der Waals surface area contributed by atoms with Gasteiger partial charge in [-0.25, -0.2) is 13.1 Å². The molecule has 19 heavy (non-hydrogen) atoms. The molecule has 0 atom stereocenters. The van der Waals surface area contributed by atoms with Gasteiger partial charge in [-0.15, -0.1) is 0 Å². The van der Waals surface area contributed by atoms with Crippen LogP contribution in [0.2, 0.25) is 0 Å². The fraction of sp³-hybridized carbons (Fsp3) is 0.500. The Hall–Kier alpha value is -0.470. The molecule has 5 nitrogen and oxygen atoms in total. The lowest BCUT2D eigenvalue weighted by atomic mass is 10.4. The van der Waals surface area contributed by atoms with Crippen molar-refractivity contribution >= 4 is 26.0 Å². The van der Waals surface area contributed by atoms with Gasteiger partial charge in [0.15, 0.2) is 0 Å². The fourth-order valence-corrected chi connectivity index (χ4v) is 3.44. The van der Waals surface area contributed by atoms with Crippen LogP contribution in [0.3, 0.4) is 0 Å². The van der Waals surface area contributed by atoms with E-state index in [9.17, 15) is 8.42 Å². The molecular weight excluding hydrogens is 334 g/mol. The zero-order valence-electron chi connectivity index (χ0n) is 10.8. The number of hydrogen-bond acceptors (Lipinski definition) is 4. The molecule has 0 aliphatic carbocycles. The number of nitrogens with one attached hydrogen (secondary N) is 1. The summed E-state index contributed by atoms with van der Waals surface area (Å²) in [5.74, 6) is 0. The molecule has 0 saturated carbocycles. The standard InChI is InChI=1S/C12H18BrNO4S/c1-17-9-10-18-8-4-7-14-19(15,16)12-6-3-2-5-11(12)13/h2-3,5-6,14H,4,7-10H2,1H3. The Labute approximate surface area is 122 Å². The molecule has 0 amide bonds. The molecule has 7 heteroatoms. The zero-order chi connectivity index (χ0) is 14.1. The van der Waals surface area contributed by atoms with Gasteiger partial charge in [-0.3, -0.25) is 0 Å². The fourth-order valence-electron chi connectivity index (χ4n) is 1.37. The lowest BCUT2D eigenvalue weighted by Gasteiger charge is -2.08. The average Bonchev–Trinajstić information content (AvgIpc) is 2.38. The Morgan fingerprint density at radius 3 is 2.63 bits per heavy atom. The monoisotopic (exact) mass is 351 g/mol.